The van der Waals surface area contributed by atoms with Crippen molar-refractivity contribution in [3.8, 4) is 5.75 Å². The van der Waals surface area contributed by atoms with E-state index in [1.54, 1.807) is 7.11 Å². The highest BCUT2D eigenvalue weighted by Gasteiger charge is 2.03. The molecule has 5 heteroatoms. The molecule has 1 aromatic heterocycles. The average Bonchev–Trinajstić information content (AvgIpc) is 2.67. The van der Waals surface area contributed by atoms with Crippen molar-refractivity contribution in [3.63, 3.8) is 0 Å². The predicted octanol–water partition coefficient (Wildman–Crippen LogP) is 3.61. The number of hydrogen-bond acceptors (Lipinski definition) is 3. The molecule has 0 fully saturated rings. The van der Waals surface area contributed by atoms with Gasteiger partial charge >= 0.3 is 0 Å². The zero-order valence-electron chi connectivity index (χ0n) is 14.7. The number of aromatic nitrogens is 1. The SMILES string of the molecule is COc1ccccc1CN=C(N)Nc1cccc(Cc2ccccc2)n1. The van der Waals surface area contributed by atoms with Crippen LogP contribution in [0.3, 0.4) is 0 Å². The van der Waals surface area contributed by atoms with Crippen molar-refractivity contribution in [2.24, 2.45) is 10.7 Å². The Morgan fingerprint density at radius 1 is 1.00 bits per heavy atom. The molecule has 3 aromatic rings. The number of guanidine groups is 1. The van der Waals surface area contributed by atoms with Crippen molar-refractivity contribution in [2.75, 3.05) is 12.4 Å². The summed E-state index contributed by atoms with van der Waals surface area (Å²) in [4.78, 5) is 8.98. The Hall–Kier alpha value is -3.34. The second kappa shape index (κ2) is 8.67. The Bertz CT molecular complexity index is 878. The lowest BCUT2D eigenvalue weighted by molar-refractivity contribution is 0.410. The van der Waals surface area contributed by atoms with Crippen LogP contribution in [0.15, 0.2) is 77.8 Å². The second-order valence-corrected chi connectivity index (χ2v) is 5.81. The first-order valence-corrected chi connectivity index (χ1v) is 8.43. The summed E-state index contributed by atoms with van der Waals surface area (Å²) in [7, 11) is 1.65. The Morgan fingerprint density at radius 3 is 2.58 bits per heavy atom. The van der Waals surface area contributed by atoms with E-state index in [2.05, 4.69) is 27.4 Å². The van der Waals surface area contributed by atoms with Gasteiger partial charge in [-0.05, 0) is 23.8 Å². The van der Waals surface area contributed by atoms with Crippen LogP contribution in [0.1, 0.15) is 16.8 Å². The maximum atomic E-state index is 6.01. The highest BCUT2D eigenvalue weighted by molar-refractivity contribution is 5.91. The fourth-order valence-corrected chi connectivity index (χ4v) is 2.63. The van der Waals surface area contributed by atoms with E-state index in [9.17, 15) is 0 Å². The standard InChI is InChI=1S/C21H22N4O/c1-26-19-12-6-5-10-17(19)15-23-21(22)25-20-13-7-11-18(24-20)14-16-8-3-2-4-9-16/h2-13H,14-15H2,1H3,(H3,22,23,24,25). The topological polar surface area (TPSA) is 72.5 Å². The third-order valence-corrected chi connectivity index (χ3v) is 3.90. The number of nitrogens with one attached hydrogen (secondary N) is 1. The largest absolute Gasteiger partial charge is 0.496 e. The lowest BCUT2D eigenvalue weighted by atomic mass is 10.1. The predicted molar refractivity (Wildman–Crippen MR) is 105 cm³/mol. The molecule has 26 heavy (non-hydrogen) atoms. The summed E-state index contributed by atoms with van der Waals surface area (Å²) in [5.41, 5.74) is 9.17. The third-order valence-electron chi connectivity index (χ3n) is 3.90. The van der Waals surface area contributed by atoms with E-state index in [1.807, 2.05) is 60.7 Å². The molecule has 1 heterocycles. The summed E-state index contributed by atoms with van der Waals surface area (Å²) >= 11 is 0. The fourth-order valence-electron chi connectivity index (χ4n) is 2.63. The van der Waals surface area contributed by atoms with Crippen LogP contribution >= 0.6 is 0 Å². The van der Waals surface area contributed by atoms with Crippen molar-refractivity contribution in [1.29, 1.82) is 0 Å². The van der Waals surface area contributed by atoms with Gasteiger partial charge in [-0.1, -0.05) is 54.6 Å². The average molecular weight is 346 g/mol. The minimum absolute atomic E-state index is 0.320. The van der Waals surface area contributed by atoms with Crippen molar-refractivity contribution in [1.82, 2.24) is 4.98 Å². The number of nitrogens with two attached hydrogens (primary N) is 1. The first kappa shape index (κ1) is 17.5. The molecular weight excluding hydrogens is 324 g/mol. The van der Waals surface area contributed by atoms with Gasteiger partial charge < -0.3 is 15.8 Å². The Balaban J connectivity index is 1.65. The van der Waals surface area contributed by atoms with Gasteiger partial charge in [-0.15, -0.1) is 0 Å². The maximum Gasteiger partial charge on any atom is 0.194 e. The van der Waals surface area contributed by atoms with Gasteiger partial charge in [0.1, 0.15) is 11.6 Å². The van der Waals surface area contributed by atoms with Gasteiger partial charge in [0.2, 0.25) is 0 Å². The number of aliphatic imine (C=N–C) groups is 1. The van der Waals surface area contributed by atoms with Crippen LogP contribution in [0.4, 0.5) is 5.82 Å². The smallest absolute Gasteiger partial charge is 0.194 e. The molecule has 3 N–H and O–H groups in total. The zero-order valence-corrected chi connectivity index (χ0v) is 14.7. The Kier molecular flexibility index (Phi) is 5.83. The van der Waals surface area contributed by atoms with E-state index in [4.69, 9.17) is 10.5 Å². The number of methoxy groups -OCH3 is 1. The number of anilines is 1. The zero-order chi connectivity index (χ0) is 18.2. The molecule has 0 unspecified atom stereocenters. The van der Waals surface area contributed by atoms with E-state index < -0.39 is 0 Å². The first-order valence-electron chi connectivity index (χ1n) is 8.43. The van der Waals surface area contributed by atoms with Gasteiger partial charge in [0.05, 0.1) is 13.7 Å². The van der Waals surface area contributed by atoms with E-state index in [0.717, 1.165) is 23.4 Å². The van der Waals surface area contributed by atoms with Gasteiger partial charge in [0.15, 0.2) is 5.96 Å². The van der Waals surface area contributed by atoms with Crippen LogP contribution in [0.25, 0.3) is 0 Å². The lowest BCUT2D eigenvalue weighted by Gasteiger charge is -2.08. The van der Waals surface area contributed by atoms with Crippen LogP contribution in [0, 0.1) is 0 Å². The number of pyridine rings is 1. The maximum absolute atomic E-state index is 6.01. The fraction of sp³-hybridized carbons (Fsp3) is 0.143. The Labute approximate surface area is 153 Å². The summed E-state index contributed by atoms with van der Waals surface area (Å²) in [5, 5.41) is 3.05. The minimum Gasteiger partial charge on any atom is -0.496 e. The second-order valence-electron chi connectivity index (χ2n) is 5.81. The third kappa shape index (κ3) is 4.83. The highest BCUT2D eigenvalue weighted by Crippen LogP contribution is 2.18. The van der Waals surface area contributed by atoms with Crippen molar-refractivity contribution in [3.05, 3.63) is 89.6 Å². The molecule has 5 nitrogen and oxygen atoms in total. The molecule has 2 aromatic carbocycles. The van der Waals surface area contributed by atoms with Crippen molar-refractivity contribution >= 4 is 11.8 Å². The molecule has 0 spiro atoms. The molecule has 0 aliphatic heterocycles. The number of para-hydroxylation sites is 1. The number of rotatable bonds is 6. The van der Waals surface area contributed by atoms with Crippen LogP contribution in [0.5, 0.6) is 5.75 Å². The molecule has 0 saturated carbocycles. The summed E-state index contributed by atoms with van der Waals surface area (Å²) in [5.74, 6) is 1.80. The van der Waals surface area contributed by atoms with Crippen LogP contribution in [0.2, 0.25) is 0 Å². The van der Waals surface area contributed by atoms with Crippen LogP contribution in [-0.2, 0) is 13.0 Å². The normalized spacial score (nSPS) is 11.2. The van der Waals surface area contributed by atoms with Gasteiger partial charge in [-0.25, -0.2) is 9.98 Å². The quantitative estimate of drug-likeness (QED) is 0.528. The van der Waals surface area contributed by atoms with E-state index in [1.165, 1.54) is 5.56 Å². The molecule has 0 radical (unpaired) electrons. The molecule has 0 aliphatic rings. The number of ether oxygens (including phenoxy) is 1. The number of hydrogen-bond donors (Lipinski definition) is 2. The van der Waals surface area contributed by atoms with Gasteiger partial charge in [-0.2, -0.15) is 0 Å². The molecule has 132 valence electrons. The summed E-state index contributed by atoms with van der Waals surface area (Å²) < 4.78 is 5.33. The van der Waals surface area contributed by atoms with Crippen molar-refractivity contribution < 1.29 is 4.74 Å². The Morgan fingerprint density at radius 2 is 1.77 bits per heavy atom. The lowest BCUT2D eigenvalue weighted by Crippen LogP contribution is -2.23. The van der Waals surface area contributed by atoms with Gasteiger partial charge in [0.25, 0.3) is 0 Å². The number of benzene rings is 2. The molecule has 0 atom stereocenters. The van der Waals surface area contributed by atoms with Crippen LogP contribution < -0.4 is 15.8 Å². The number of nitrogens with zero attached hydrogens (tertiary/aromatic N) is 2. The molecule has 0 bridgehead atoms. The van der Waals surface area contributed by atoms with Crippen molar-refractivity contribution in [2.45, 2.75) is 13.0 Å². The van der Waals surface area contributed by atoms with Gasteiger partial charge in [0, 0.05) is 17.7 Å². The summed E-state index contributed by atoms with van der Waals surface area (Å²) in [6.45, 7) is 0.437. The molecule has 0 amide bonds. The van der Waals surface area contributed by atoms with E-state index >= 15 is 0 Å². The highest BCUT2D eigenvalue weighted by atomic mass is 16.5. The first-order chi connectivity index (χ1) is 12.7. The summed E-state index contributed by atoms with van der Waals surface area (Å²) in [6, 6.07) is 23.8. The van der Waals surface area contributed by atoms with E-state index in [-0.39, 0.29) is 0 Å². The molecule has 0 aliphatic carbocycles. The van der Waals surface area contributed by atoms with E-state index in [0.29, 0.717) is 18.3 Å². The molecule has 3 rings (SSSR count). The monoisotopic (exact) mass is 346 g/mol. The van der Waals surface area contributed by atoms with Crippen LogP contribution in [-0.4, -0.2) is 18.1 Å². The molecular formula is C21H22N4O. The molecule has 0 saturated heterocycles. The minimum atomic E-state index is 0.320. The van der Waals surface area contributed by atoms with Gasteiger partial charge in [-0.3, -0.25) is 0 Å². The summed E-state index contributed by atoms with van der Waals surface area (Å²) in [6.07, 6.45) is 0.772.